The third-order valence-corrected chi connectivity index (χ3v) is 5.84. The van der Waals surface area contributed by atoms with Crippen LogP contribution in [0, 0.1) is 0 Å². The molecule has 0 saturated carbocycles. The number of alkyl halides is 1. The molecule has 2 saturated heterocycles. The van der Waals surface area contributed by atoms with E-state index < -0.39 is 11.4 Å². The summed E-state index contributed by atoms with van der Waals surface area (Å²) < 4.78 is 19.0. The molecule has 0 bridgehead atoms. The normalized spacial score (nSPS) is 30.3. The van der Waals surface area contributed by atoms with Crippen LogP contribution in [-0.4, -0.2) is 51.0 Å². The minimum Gasteiger partial charge on any atom is -0.460 e. The van der Waals surface area contributed by atoms with Crippen molar-refractivity contribution in [2.45, 2.75) is 83.3 Å². The van der Waals surface area contributed by atoms with Crippen LogP contribution in [0.3, 0.4) is 0 Å². The molecule has 0 aliphatic carbocycles. The summed E-state index contributed by atoms with van der Waals surface area (Å²) in [5.74, 6) is -0.809. The van der Waals surface area contributed by atoms with Gasteiger partial charge in [-0.25, -0.2) is 0 Å². The van der Waals surface area contributed by atoms with Gasteiger partial charge in [0, 0.05) is 23.1 Å². The number of benzene rings is 1. The standard InChI is InChI=1S/C21H30INO4/c1-20(2,3)25-17(24)11-15-18-19(27-21(4,5)26-18)16(12-22)23(15)13-14-9-7-6-8-10-14/h6-10,15-16,18-19H,11-13H2,1-5H3/t15-,16+,18-,19+/m0/s1. The number of hydrogen-bond donors (Lipinski definition) is 0. The summed E-state index contributed by atoms with van der Waals surface area (Å²) in [4.78, 5) is 15.0. The van der Waals surface area contributed by atoms with E-state index >= 15 is 0 Å². The van der Waals surface area contributed by atoms with Crippen molar-refractivity contribution < 1.29 is 19.0 Å². The summed E-state index contributed by atoms with van der Waals surface area (Å²) >= 11 is 2.41. The predicted octanol–water partition coefficient (Wildman–Crippen LogP) is 3.93. The molecule has 3 rings (SSSR count). The first-order valence-electron chi connectivity index (χ1n) is 9.53. The predicted molar refractivity (Wildman–Crippen MR) is 113 cm³/mol. The van der Waals surface area contributed by atoms with Gasteiger partial charge in [-0.2, -0.15) is 0 Å². The third-order valence-electron chi connectivity index (χ3n) is 4.94. The number of rotatable bonds is 5. The van der Waals surface area contributed by atoms with E-state index in [2.05, 4.69) is 39.6 Å². The number of fused-ring (bicyclic) bond motifs is 1. The molecule has 2 aliphatic heterocycles. The van der Waals surface area contributed by atoms with E-state index in [1.165, 1.54) is 5.56 Å². The maximum absolute atomic E-state index is 12.6. The molecule has 0 unspecified atom stereocenters. The maximum Gasteiger partial charge on any atom is 0.308 e. The Balaban J connectivity index is 1.84. The lowest BCUT2D eigenvalue weighted by atomic mass is 10.1. The Labute approximate surface area is 175 Å². The van der Waals surface area contributed by atoms with Crippen LogP contribution in [0.15, 0.2) is 30.3 Å². The van der Waals surface area contributed by atoms with Gasteiger partial charge in [-0.15, -0.1) is 0 Å². The zero-order chi connectivity index (χ0) is 19.8. The highest BCUT2D eigenvalue weighted by molar-refractivity contribution is 14.1. The lowest BCUT2D eigenvalue weighted by molar-refractivity contribution is -0.173. The van der Waals surface area contributed by atoms with Crippen LogP contribution in [-0.2, 0) is 25.5 Å². The van der Waals surface area contributed by atoms with Gasteiger partial charge < -0.3 is 14.2 Å². The molecule has 150 valence electrons. The molecule has 1 aromatic rings. The summed E-state index contributed by atoms with van der Waals surface area (Å²) in [5.41, 5.74) is 0.731. The van der Waals surface area contributed by atoms with Crippen molar-refractivity contribution in [3.8, 4) is 0 Å². The van der Waals surface area contributed by atoms with Crippen molar-refractivity contribution in [1.29, 1.82) is 0 Å². The smallest absolute Gasteiger partial charge is 0.308 e. The number of likely N-dealkylation sites (tertiary alicyclic amines) is 1. The fourth-order valence-electron chi connectivity index (χ4n) is 4.03. The van der Waals surface area contributed by atoms with Gasteiger partial charge in [0.05, 0.1) is 6.42 Å². The van der Waals surface area contributed by atoms with Gasteiger partial charge >= 0.3 is 5.97 Å². The van der Waals surface area contributed by atoms with E-state index in [9.17, 15) is 4.79 Å². The van der Waals surface area contributed by atoms with Crippen molar-refractivity contribution >= 4 is 28.6 Å². The Morgan fingerprint density at radius 2 is 1.74 bits per heavy atom. The number of carbonyl (C=O) groups excluding carboxylic acids is 1. The van der Waals surface area contributed by atoms with E-state index in [4.69, 9.17) is 14.2 Å². The Morgan fingerprint density at radius 1 is 1.15 bits per heavy atom. The summed E-state index contributed by atoms with van der Waals surface area (Å²) in [5, 5.41) is 0. The molecule has 6 heteroatoms. The van der Waals surface area contributed by atoms with Gasteiger partial charge in [-0.1, -0.05) is 52.9 Å². The number of esters is 1. The zero-order valence-electron chi connectivity index (χ0n) is 16.8. The Morgan fingerprint density at radius 3 is 2.30 bits per heavy atom. The fourth-order valence-corrected chi connectivity index (χ4v) is 5.04. The molecular weight excluding hydrogens is 457 g/mol. The van der Waals surface area contributed by atoms with Gasteiger partial charge in [0.15, 0.2) is 5.79 Å². The summed E-state index contributed by atoms with van der Waals surface area (Å²) in [6.07, 6.45) is 0.141. The first kappa shape index (κ1) is 21.0. The highest BCUT2D eigenvalue weighted by Crippen LogP contribution is 2.42. The highest BCUT2D eigenvalue weighted by Gasteiger charge is 2.57. The van der Waals surface area contributed by atoms with Gasteiger partial charge in [0.25, 0.3) is 0 Å². The number of ether oxygens (including phenoxy) is 3. The lowest BCUT2D eigenvalue weighted by Crippen LogP contribution is -2.44. The molecule has 0 aromatic heterocycles. The number of hydrogen-bond acceptors (Lipinski definition) is 5. The SMILES string of the molecule is CC(C)(C)OC(=O)C[C@H]1[C@@H]2OC(C)(C)O[C@@H]2[C@@H](CI)N1Cc1ccccc1. The van der Waals surface area contributed by atoms with Crippen molar-refractivity contribution in [3.63, 3.8) is 0 Å². The van der Waals surface area contributed by atoms with E-state index in [-0.39, 0.29) is 30.3 Å². The molecule has 2 aliphatic rings. The minimum absolute atomic E-state index is 0.0342. The van der Waals surface area contributed by atoms with E-state index in [1.54, 1.807) is 0 Å². The van der Waals surface area contributed by atoms with Crippen LogP contribution in [0.2, 0.25) is 0 Å². The van der Waals surface area contributed by atoms with Gasteiger partial charge in [0.2, 0.25) is 0 Å². The monoisotopic (exact) mass is 487 g/mol. The van der Waals surface area contributed by atoms with Gasteiger partial charge in [0.1, 0.15) is 17.8 Å². The molecule has 0 amide bonds. The van der Waals surface area contributed by atoms with Crippen molar-refractivity contribution in [2.24, 2.45) is 0 Å². The lowest BCUT2D eigenvalue weighted by Gasteiger charge is -2.33. The van der Waals surface area contributed by atoms with Crippen LogP contribution in [0.4, 0.5) is 0 Å². The molecule has 0 N–H and O–H groups in total. The molecule has 0 radical (unpaired) electrons. The Kier molecular flexibility index (Phi) is 6.20. The van der Waals surface area contributed by atoms with Gasteiger partial charge in [-0.3, -0.25) is 9.69 Å². The van der Waals surface area contributed by atoms with Crippen LogP contribution in [0.5, 0.6) is 0 Å². The van der Waals surface area contributed by atoms with E-state index in [1.807, 2.05) is 52.8 Å². The van der Waals surface area contributed by atoms with E-state index in [0.29, 0.717) is 6.42 Å². The molecule has 2 fully saturated rings. The van der Waals surface area contributed by atoms with Gasteiger partial charge in [-0.05, 0) is 40.2 Å². The van der Waals surface area contributed by atoms with E-state index in [0.717, 1.165) is 11.0 Å². The van der Waals surface area contributed by atoms with Crippen LogP contribution >= 0.6 is 22.6 Å². The first-order chi connectivity index (χ1) is 12.6. The molecule has 5 nitrogen and oxygen atoms in total. The molecule has 27 heavy (non-hydrogen) atoms. The molecule has 1 aromatic carbocycles. The average molecular weight is 487 g/mol. The molecule has 2 heterocycles. The summed E-state index contributed by atoms with van der Waals surface area (Å²) in [6.45, 7) is 10.4. The summed E-state index contributed by atoms with van der Waals surface area (Å²) in [6, 6.07) is 10.5. The molecular formula is C21H30INO4. The number of nitrogens with zero attached hydrogens (tertiary/aromatic N) is 1. The molecule has 4 atom stereocenters. The van der Waals surface area contributed by atoms with Crippen molar-refractivity contribution in [3.05, 3.63) is 35.9 Å². The largest absolute Gasteiger partial charge is 0.460 e. The molecule has 0 spiro atoms. The second-order valence-electron chi connectivity index (χ2n) is 8.80. The van der Waals surface area contributed by atoms with Crippen LogP contribution < -0.4 is 0 Å². The van der Waals surface area contributed by atoms with Crippen LogP contribution in [0.25, 0.3) is 0 Å². The summed E-state index contributed by atoms with van der Waals surface area (Å²) in [7, 11) is 0. The highest BCUT2D eigenvalue weighted by atomic mass is 127. The number of halogens is 1. The second kappa shape index (κ2) is 7.97. The van der Waals surface area contributed by atoms with Crippen LogP contribution in [0.1, 0.15) is 46.6 Å². The average Bonchev–Trinajstić information content (AvgIpc) is 2.98. The maximum atomic E-state index is 12.6. The Bertz CT molecular complexity index is 658. The van der Waals surface area contributed by atoms with Crippen molar-refractivity contribution in [2.75, 3.05) is 4.43 Å². The Hall–Kier alpha value is -0.700. The van der Waals surface area contributed by atoms with Crippen molar-refractivity contribution in [1.82, 2.24) is 4.90 Å². The zero-order valence-corrected chi connectivity index (χ0v) is 18.9. The number of carbonyl (C=O) groups is 1. The first-order valence-corrected chi connectivity index (χ1v) is 11.1. The fraction of sp³-hybridized carbons (Fsp3) is 0.667. The third kappa shape index (κ3) is 5.02. The topological polar surface area (TPSA) is 48.0 Å². The quantitative estimate of drug-likeness (QED) is 0.358. The minimum atomic E-state index is -0.621. The second-order valence-corrected chi connectivity index (χ2v) is 9.68.